The van der Waals surface area contributed by atoms with Gasteiger partial charge in [-0.1, -0.05) is 65.3 Å². The Bertz CT molecular complexity index is 1380. The molecule has 6 nitrogen and oxygen atoms in total. The molecule has 0 bridgehead atoms. The number of methoxy groups -OCH3 is 1. The number of allylic oxidation sites excluding steroid dienone is 3. The lowest BCUT2D eigenvalue weighted by Crippen LogP contribution is -2.53. The second-order valence-corrected chi connectivity index (χ2v) is 12.1. The number of benzene rings is 1. The number of carbonyl (C=O) groups excluding carboxylic acids is 2. The van der Waals surface area contributed by atoms with E-state index in [9.17, 15) is 22.8 Å². The zero-order chi connectivity index (χ0) is 32.3. The van der Waals surface area contributed by atoms with Crippen molar-refractivity contribution in [3.05, 3.63) is 94.1 Å². The van der Waals surface area contributed by atoms with Gasteiger partial charge in [0.05, 0.1) is 12.2 Å². The molecule has 6 atom stereocenters. The number of carbonyl (C=O) groups is 2. The second-order valence-electron chi connectivity index (χ2n) is 12.1. The van der Waals surface area contributed by atoms with Gasteiger partial charge in [0.15, 0.2) is 0 Å². The highest BCUT2D eigenvalue weighted by molar-refractivity contribution is 5.83. The monoisotopic (exact) mass is 614 g/mol. The molecular formula is C35H41F3O6. The average Bonchev–Trinajstić information content (AvgIpc) is 2.93. The number of ether oxygens (including phenoxy) is 4. The van der Waals surface area contributed by atoms with E-state index in [4.69, 9.17) is 18.9 Å². The summed E-state index contributed by atoms with van der Waals surface area (Å²) in [6.45, 7) is 9.85. The molecule has 0 saturated carbocycles. The van der Waals surface area contributed by atoms with Crippen LogP contribution in [0.3, 0.4) is 0 Å². The van der Waals surface area contributed by atoms with Crippen molar-refractivity contribution in [1.82, 2.24) is 0 Å². The Labute approximate surface area is 257 Å². The first-order chi connectivity index (χ1) is 20.7. The molecule has 0 saturated heterocycles. The van der Waals surface area contributed by atoms with Crippen molar-refractivity contribution < 1.29 is 41.7 Å². The summed E-state index contributed by atoms with van der Waals surface area (Å²) >= 11 is 0. The van der Waals surface area contributed by atoms with Crippen molar-refractivity contribution in [2.24, 2.45) is 5.92 Å². The molecule has 3 aliphatic rings. The Morgan fingerprint density at radius 3 is 2.41 bits per heavy atom. The van der Waals surface area contributed by atoms with Gasteiger partial charge in [-0.15, -0.1) is 0 Å². The van der Waals surface area contributed by atoms with E-state index in [0.29, 0.717) is 23.9 Å². The molecule has 0 fully saturated rings. The molecule has 1 aromatic rings. The van der Waals surface area contributed by atoms with Crippen molar-refractivity contribution >= 4 is 12.3 Å². The normalized spacial score (nSPS) is 28.6. The molecule has 0 aromatic heterocycles. The Balaban J connectivity index is 1.58. The fourth-order valence-electron chi connectivity index (χ4n) is 6.17. The van der Waals surface area contributed by atoms with Crippen molar-refractivity contribution in [3.8, 4) is 0 Å². The van der Waals surface area contributed by atoms with E-state index in [-0.39, 0.29) is 18.1 Å². The van der Waals surface area contributed by atoms with Gasteiger partial charge in [-0.05, 0) is 83.6 Å². The van der Waals surface area contributed by atoms with E-state index in [2.05, 4.69) is 32.9 Å². The highest BCUT2D eigenvalue weighted by Gasteiger charge is 2.64. The number of alkyl halides is 3. The van der Waals surface area contributed by atoms with E-state index >= 15 is 0 Å². The zero-order valence-electron chi connectivity index (χ0n) is 26.1. The van der Waals surface area contributed by atoms with Gasteiger partial charge in [0.25, 0.3) is 5.60 Å². The lowest BCUT2D eigenvalue weighted by Gasteiger charge is -2.46. The summed E-state index contributed by atoms with van der Waals surface area (Å²) in [6, 6.07) is 6.68. The summed E-state index contributed by atoms with van der Waals surface area (Å²) in [5, 5.41) is 0. The van der Waals surface area contributed by atoms with Crippen LogP contribution in [0.25, 0.3) is 0 Å². The Hall–Kier alpha value is -3.27. The van der Waals surface area contributed by atoms with Gasteiger partial charge in [0.1, 0.15) is 12.4 Å². The smallest absolute Gasteiger partial charge is 0.432 e. The van der Waals surface area contributed by atoms with Gasteiger partial charge in [-0.3, -0.25) is 4.79 Å². The van der Waals surface area contributed by atoms with E-state index in [1.165, 1.54) is 35.4 Å². The highest BCUT2D eigenvalue weighted by Crippen LogP contribution is 2.46. The summed E-state index contributed by atoms with van der Waals surface area (Å²) < 4.78 is 66.7. The second kappa shape index (κ2) is 13.4. The number of aldehydes is 1. The van der Waals surface area contributed by atoms with Gasteiger partial charge in [0, 0.05) is 18.6 Å². The topological polar surface area (TPSA) is 71.1 Å². The fourth-order valence-corrected chi connectivity index (χ4v) is 6.17. The Kier molecular flexibility index (Phi) is 10.2. The summed E-state index contributed by atoms with van der Waals surface area (Å²) in [5.41, 5.74) is 0.670. The van der Waals surface area contributed by atoms with E-state index in [1.807, 2.05) is 13.0 Å². The van der Waals surface area contributed by atoms with Crippen LogP contribution in [0.4, 0.5) is 13.2 Å². The number of rotatable bonds is 9. The number of esters is 1. The maximum Gasteiger partial charge on any atom is 0.432 e. The molecular weight excluding hydrogens is 573 g/mol. The van der Waals surface area contributed by atoms with Crippen LogP contribution in [0.15, 0.2) is 88.6 Å². The minimum absolute atomic E-state index is 0.0569. The summed E-state index contributed by atoms with van der Waals surface area (Å²) in [4.78, 5) is 25.7. The van der Waals surface area contributed by atoms with Crippen molar-refractivity contribution in [1.29, 1.82) is 0 Å². The van der Waals surface area contributed by atoms with E-state index in [1.54, 1.807) is 25.1 Å². The maximum absolute atomic E-state index is 14.4. The molecule has 0 amide bonds. The van der Waals surface area contributed by atoms with Gasteiger partial charge < -0.3 is 18.9 Å². The number of fused-ring (bicyclic) bond motifs is 1. The largest absolute Gasteiger partial charge is 0.455 e. The van der Waals surface area contributed by atoms with E-state index < -0.39 is 41.7 Å². The third kappa shape index (κ3) is 7.00. The first-order valence-electron chi connectivity index (χ1n) is 14.8. The van der Waals surface area contributed by atoms with Gasteiger partial charge in [-0.25, -0.2) is 4.79 Å². The Morgan fingerprint density at radius 1 is 1.09 bits per heavy atom. The van der Waals surface area contributed by atoms with Gasteiger partial charge in [-0.2, -0.15) is 13.2 Å². The lowest BCUT2D eigenvalue weighted by atomic mass is 9.78. The van der Waals surface area contributed by atoms with Crippen molar-refractivity contribution in [2.45, 2.75) is 96.2 Å². The number of hydrogen-bond donors (Lipinski definition) is 0. The van der Waals surface area contributed by atoms with Crippen molar-refractivity contribution in [2.75, 3.05) is 7.11 Å². The molecule has 1 aliphatic carbocycles. The van der Waals surface area contributed by atoms with Crippen LogP contribution in [-0.2, 0) is 34.1 Å². The number of hydrogen-bond acceptors (Lipinski definition) is 6. The highest BCUT2D eigenvalue weighted by atomic mass is 19.4. The van der Waals surface area contributed by atoms with E-state index in [0.717, 1.165) is 25.5 Å². The SMILES string of the molecule is CO[C@](C(=O)O[C@@H]1C[C@@H]2C(C=O)=C[C@]3(C=C(C)C[C@@H](/C=C(\C)CCC=C(C)C)O3)O[C@@H]2C=C1C)(c1ccccc1)C(F)(F)F. The lowest BCUT2D eigenvalue weighted by molar-refractivity contribution is -0.278. The molecule has 0 N–H and O–H groups in total. The molecule has 4 rings (SSSR count). The summed E-state index contributed by atoms with van der Waals surface area (Å²) in [6.07, 6.45) is 5.74. The number of halogens is 3. The molecule has 44 heavy (non-hydrogen) atoms. The Morgan fingerprint density at radius 2 is 1.80 bits per heavy atom. The third-order valence-electron chi connectivity index (χ3n) is 8.34. The molecule has 0 unspecified atom stereocenters. The van der Waals surface area contributed by atoms with Crippen LogP contribution in [-0.4, -0.2) is 49.6 Å². The summed E-state index contributed by atoms with van der Waals surface area (Å²) in [7, 11) is 0.829. The predicted octanol–water partition coefficient (Wildman–Crippen LogP) is 7.62. The minimum Gasteiger partial charge on any atom is -0.455 e. The molecule has 1 spiro atoms. The van der Waals surface area contributed by atoms with Crippen LogP contribution in [0.2, 0.25) is 0 Å². The fraction of sp³-hybridized carbons (Fsp3) is 0.486. The van der Waals surface area contributed by atoms with Gasteiger partial charge in [0.2, 0.25) is 5.79 Å². The van der Waals surface area contributed by atoms with Crippen LogP contribution in [0.1, 0.15) is 65.9 Å². The average molecular weight is 615 g/mol. The third-order valence-corrected chi connectivity index (χ3v) is 8.34. The van der Waals surface area contributed by atoms with Crippen LogP contribution >= 0.6 is 0 Å². The predicted molar refractivity (Wildman–Crippen MR) is 160 cm³/mol. The molecule has 238 valence electrons. The van der Waals surface area contributed by atoms with Crippen LogP contribution < -0.4 is 0 Å². The summed E-state index contributed by atoms with van der Waals surface area (Å²) in [5.74, 6) is -3.42. The van der Waals surface area contributed by atoms with Crippen LogP contribution in [0, 0.1) is 5.92 Å². The van der Waals surface area contributed by atoms with Crippen molar-refractivity contribution in [3.63, 3.8) is 0 Å². The molecule has 1 aromatic carbocycles. The first-order valence-corrected chi connectivity index (χ1v) is 14.8. The zero-order valence-corrected chi connectivity index (χ0v) is 26.1. The first kappa shape index (κ1) is 33.6. The minimum atomic E-state index is -5.10. The standard InChI is InChI=1S/C35H41F3O6/c1-22(2)11-10-12-23(3)15-28-16-24(4)19-33(43-28)20-26(21-39)29-18-30(25(5)17-31(29)44-33)42-32(40)34(41-6,35(36,37)38)27-13-8-7-9-14-27/h7-9,11,13-15,17,19-21,28-31H,10,12,16,18H2,1-6H3/b23-15+/t28-,29-,30-,31-,33+,34+/m1/s1. The maximum atomic E-state index is 14.4. The molecule has 2 heterocycles. The quantitative estimate of drug-likeness (QED) is 0.162. The van der Waals surface area contributed by atoms with Gasteiger partial charge >= 0.3 is 12.1 Å². The molecule has 9 heteroatoms. The molecule has 0 radical (unpaired) electrons. The van der Waals surface area contributed by atoms with Crippen LogP contribution in [0.5, 0.6) is 0 Å². The molecule has 2 aliphatic heterocycles.